The number of hydrogen-bond acceptors (Lipinski definition) is 3. The van der Waals surface area contributed by atoms with Crippen LogP contribution in [0.5, 0.6) is 0 Å². The van der Waals surface area contributed by atoms with Crippen LogP contribution < -0.4 is 5.73 Å². The van der Waals surface area contributed by atoms with E-state index in [9.17, 15) is 14.0 Å². The molecule has 0 heterocycles. The first-order valence-electron chi connectivity index (χ1n) is 3.53. The van der Waals surface area contributed by atoms with Crippen molar-refractivity contribution in [1.29, 1.82) is 0 Å². The highest BCUT2D eigenvalue weighted by Gasteiger charge is 2.22. The third kappa shape index (κ3) is 3.43. The number of carbonyl (C=O) groups excluding carboxylic acids is 1. The minimum absolute atomic E-state index is 0.138. The first-order valence-corrected chi connectivity index (χ1v) is 3.53. The summed E-state index contributed by atoms with van der Waals surface area (Å²) in [5.41, 5.74) is 5.25. The van der Waals surface area contributed by atoms with Gasteiger partial charge in [0.2, 0.25) is 0 Å². The summed E-state index contributed by atoms with van der Waals surface area (Å²) in [5.74, 6) is -2.74. The SMILES string of the molecule is CC(=O)[C@@H](N)C[C@H](C[18F])C(=O)O. The molecule has 4 nitrogen and oxygen atoms in total. The second kappa shape index (κ2) is 4.82. The fraction of sp³-hybridized carbons (Fsp3) is 0.714. The molecule has 0 spiro atoms. The summed E-state index contributed by atoms with van der Waals surface area (Å²) in [6.07, 6.45) is -0.138. The number of ketones is 1. The molecule has 0 bridgehead atoms. The summed E-state index contributed by atoms with van der Waals surface area (Å²) >= 11 is 0. The van der Waals surface area contributed by atoms with Gasteiger partial charge < -0.3 is 10.8 Å². The van der Waals surface area contributed by atoms with E-state index in [1.165, 1.54) is 6.92 Å². The minimum atomic E-state index is -1.26. The van der Waals surface area contributed by atoms with E-state index in [0.717, 1.165) is 0 Å². The highest BCUT2D eigenvalue weighted by molar-refractivity contribution is 5.82. The second-order valence-corrected chi connectivity index (χ2v) is 2.64. The van der Waals surface area contributed by atoms with E-state index in [1.54, 1.807) is 0 Å². The number of nitrogens with two attached hydrogens (primary N) is 1. The van der Waals surface area contributed by atoms with Gasteiger partial charge in [0.25, 0.3) is 0 Å². The van der Waals surface area contributed by atoms with Gasteiger partial charge >= 0.3 is 5.97 Å². The summed E-state index contributed by atoms with van der Waals surface area (Å²) in [4.78, 5) is 20.9. The van der Waals surface area contributed by atoms with Gasteiger partial charge in [0.15, 0.2) is 0 Å². The number of aliphatic carboxylic acids is 1. The topological polar surface area (TPSA) is 80.4 Å². The Labute approximate surface area is 69.6 Å². The minimum Gasteiger partial charge on any atom is -0.481 e. The maximum Gasteiger partial charge on any atom is 0.309 e. The maximum absolute atomic E-state index is 12.0. The van der Waals surface area contributed by atoms with Crippen molar-refractivity contribution in [3.63, 3.8) is 0 Å². The number of alkyl halides is 1. The molecule has 0 aromatic heterocycles. The fourth-order valence-corrected chi connectivity index (χ4v) is 0.702. The molecule has 0 amide bonds. The van der Waals surface area contributed by atoms with Crippen molar-refractivity contribution >= 4 is 11.8 Å². The molecule has 0 unspecified atom stereocenters. The number of halogens is 1. The molecule has 12 heavy (non-hydrogen) atoms. The van der Waals surface area contributed by atoms with Crippen molar-refractivity contribution in [3.05, 3.63) is 0 Å². The predicted octanol–water partition coefficient (Wildman–Crippen LogP) is -0.0369. The molecule has 0 aromatic carbocycles. The average molecular weight is 176 g/mol. The Morgan fingerprint density at radius 2 is 2.08 bits per heavy atom. The second-order valence-electron chi connectivity index (χ2n) is 2.64. The standard InChI is InChI=1S/C7H12FNO3/c1-4(10)6(9)2-5(3-8)7(11)12/h5-6H,2-3,9H2,1H3,(H,11,12)/t5-,6+/m1/s1/i8-1. The Morgan fingerprint density at radius 3 is 2.33 bits per heavy atom. The normalized spacial score (nSPS) is 15.2. The highest BCUT2D eigenvalue weighted by atomic mass is 18.2. The van der Waals surface area contributed by atoms with Crippen molar-refractivity contribution < 1.29 is 19.1 Å². The van der Waals surface area contributed by atoms with Crippen LogP contribution in [0, 0.1) is 5.92 Å². The summed E-state index contributed by atoms with van der Waals surface area (Å²) in [6, 6.07) is -0.873. The lowest BCUT2D eigenvalue weighted by atomic mass is 10.00. The van der Waals surface area contributed by atoms with Crippen molar-refractivity contribution in [1.82, 2.24) is 0 Å². The Hall–Kier alpha value is -0.970. The van der Waals surface area contributed by atoms with E-state index >= 15 is 0 Å². The molecule has 70 valence electrons. The van der Waals surface area contributed by atoms with E-state index in [4.69, 9.17) is 10.8 Å². The maximum atomic E-state index is 12.0. The van der Waals surface area contributed by atoms with Gasteiger partial charge in [0.1, 0.15) is 12.5 Å². The lowest BCUT2D eigenvalue weighted by molar-refractivity contribution is -0.142. The fourth-order valence-electron chi connectivity index (χ4n) is 0.702. The zero-order valence-electron chi connectivity index (χ0n) is 6.79. The van der Waals surface area contributed by atoms with Gasteiger partial charge in [0.05, 0.1) is 12.0 Å². The number of carbonyl (C=O) groups is 2. The van der Waals surface area contributed by atoms with Crippen LogP contribution in [0.1, 0.15) is 13.3 Å². The molecular weight excluding hydrogens is 164 g/mol. The van der Waals surface area contributed by atoms with Crippen molar-refractivity contribution in [2.75, 3.05) is 6.67 Å². The third-order valence-corrected chi connectivity index (χ3v) is 1.60. The third-order valence-electron chi connectivity index (χ3n) is 1.60. The van der Waals surface area contributed by atoms with E-state index in [2.05, 4.69) is 0 Å². The molecule has 0 radical (unpaired) electrons. The molecule has 0 aliphatic heterocycles. The summed E-state index contributed by atoms with van der Waals surface area (Å²) in [5, 5.41) is 8.40. The predicted molar refractivity (Wildman–Crippen MR) is 40.4 cm³/mol. The van der Waals surface area contributed by atoms with Crippen LogP contribution in [0.2, 0.25) is 0 Å². The van der Waals surface area contributed by atoms with Crippen molar-refractivity contribution in [2.24, 2.45) is 11.7 Å². The number of carboxylic acid groups (broad SMARTS) is 1. The molecule has 0 aliphatic rings. The number of Topliss-reactive ketones (excluding diaryl/α,β-unsaturated/α-hetero) is 1. The molecule has 0 aromatic rings. The summed E-state index contributed by atoms with van der Waals surface area (Å²) < 4.78 is 12.0. The Balaban J connectivity index is 4.02. The smallest absolute Gasteiger partial charge is 0.309 e. The van der Waals surface area contributed by atoms with Crippen LogP contribution in [0.25, 0.3) is 0 Å². The molecule has 3 N–H and O–H groups in total. The van der Waals surface area contributed by atoms with Gasteiger partial charge in [-0.25, -0.2) is 0 Å². The number of rotatable bonds is 5. The number of hydrogen-bond donors (Lipinski definition) is 2. The first kappa shape index (κ1) is 11.0. The van der Waals surface area contributed by atoms with Gasteiger partial charge in [-0.1, -0.05) is 0 Å². The van der Waals surface area contributed by atoms with Crippen molar-refractivity contribution in [2.45, 2.75) is 19.4 Å². The molecule has 2 atom stereocenters. The van der Waals surface area contributed by atoms with E-state index in [0.29, 0.717) is 0 Å². The van der Waals surface area contributed by atoms with Gasteiger partial charge in [-0.15, -0.1) is 0 Å². The van der Waals surface area contributed by atoms with Crippen LogP contribution in [0.15, 0.2) is 0 Å². The average Bonchev–Trinajstić information content (AvgIpc) is 1.98. The molecule has 0 fully saturated rings. The molecular formula is C7H12FNO3. The van der Waals surface area contributed by atoms with Crippen LogP contribution in [0.4, 0.5) is 4.39 Å². The van der Waals surface area contributed by atoms with Crippen LogP contribution in [0.3, 0.4) is 0 Å². The monoisotopic (exact) mass is 176 g/mol. The lowest BCUT2D eigenvalue weighted by Crippen LogP contribution is -2.33. The van der Waals surface area contributed by atoms with Gasteiger partial charge in [-0.05, 0) is 13.3 Å². The molecule has 0 saturated heterocycles. The zero-order chi connectivity index (χ0) is 9.72. The molecule has 0 saturated carbocycles. The summed E-state index contributed by atoms with van der Waals surface area (Å²) in [6.45, 7) is 0.262. The molecule has 5 heteroatoms. The quantitative estimate of drug-likeness (QED) is 0.616. The van der Waals surface area contributed by atoms with Gasteiger partial charge in [0, 0.05) is 0 Å². The van der Waals surface area contributed by atoms with Gasteiger partial charge in [-0.3, -0.25) is 14.0 Å². The van der Waals surface area contributed by atoms with E-state index < -0.39 is 24.6 Å². The van der Waals surface area contributed by atoms with E-state index in [1.807, 2.05) is 0 Å². The van der Waals surface area contributed by atoms with Crippen molar-refractivity contribution in [3.8, 4) is 0 Å². The largest absolute Gasteiger partial charge is 0.481 e. The lowest BCUT2D eigenvalue weighted by Gasteiger charge is -2.11. The first-order chi connectivity index (χ1) is 5.49. The highest BCUT2D eigenvalue weighted by Crippen LogP contribution is 2.07. The molecule has 0 rings (SSSR count). The molecule has 0 aliphatic carbocycles. The zero-order valence-corrected chi connectivity index (χ0v) is 6.79. The van der Waals surface area contributed by atoms with Crippen LogP contribution in [-0.4, -0.2) is 29.6 Å². The van der Waals surface area contributed by atoms with Crippen LogP contribution >= 0.6 is 0 Å². The summed E-state index contributed by atoms with van der Waals surface area (Å²) in [7, 11) is 0. The van der Waals surface area contributed by atoms with Crippen LogP contribution in [-0.2, 0) is 9.59 Å². The number of carboxylic acids is 1. The Bertz CT molecular complexity index is 183. The van der Waals surface area contributed by atoms with Gasteiger partial charge in [-0.2, -0.15) is 0 Å². The Morgan fingerprint density at radius 1 is 1.58 bits per heavy atom. The van der Waals surface area contributed by atoms with E-state index in [-0.39, 0.29) is 12.2 Å². The Kier molecular flexibility index (Phi) is 4.43.